The number of rotatable bonds is 0. The van der Waals surface area contributed by atoms with E-state index in [0.717, 1.165) is 0 Å². The molecule has 0 unspecified atom stereocenters. The van der Waals surface area contributed by atoms with Crippen molar-refractivity contribution in [1.29, 1.82) is 0 Å². The van der Waals surface area contributed by atoms with Gasteiger partial charge in [0.05, 0.1) is 24.1 Å². The second-order valence-corrected chi connectivity index (χ2v) is 7.82. The van der Waals surface area contributed by atoms with Crippen LogP contribution in [0.15, 0.2) is 24.8 Å². The van der Waals surface area contributed by atoms with Gasteiger partial charge >= 0.3 is 6.18 Å². The van der Waals surface area contributed by atoms with Crippen molar-refractivity contribution in [2.75, 3.05) is 7.05 Å². The fourth-order valence-electron chi connectivity index (χ4n) is 3.93. The van der Waals surface area contributed by atoms with E-state index < -0.39 is 11.9 Å². The van der Waals surface area contributed by atoms with Crippen molar-refractivity contribution >= 4 is 17.1 Å². The van der Waals surface area contributed by atoms with Crippen LogP contribution in [0.25, 0.3) is 33.5 Å². The Bertz CT molecular complexity index is 1330. The number of aromatic amines is 1. The number of aromatic nitrogens is 7. The second kappa shape index (κ2) is 7.18. The Balaban J connectivity index is 1.75. The molecule has 5 heterocycles. The molecule has 4 aromatic heterocycles. The van der Waals surface area contributed by atoms with Gasteiger partial charge in [0.15, 0.2) is 11.3 Å². The lowest BCUT2D eigenvalue weighted by Gasteiger charge is -2.16. The minimum atomic E-state index is -4.65. The minimum Gasteiger partial charge on any atom is -0.344 e. The summed E-state index contributed by atoms with van der Waals surface area (Å²) in [6.45, 7) is 0.453. The summed E-state index contributed by atoms with van der Waals surface area (Å²) in [6, 6.07) is 0. The number of nitrogens with zero attached hydrogens (tertiary/aromatic N) is 7. The van der Waals surface area contributed by atoms with Gasteiger partial charge in [0.1, 0.15) is 5.52 Å². The molecule has 9 nitrogen and oxygen atoms in total. The average molecular weight is 444 g/mol. The van der Waals surface area contributed by atoms with Crippen molar-refractivity contribution in [3.63, 3.8) is 0 Å². The molecule has 0 saturated heterocycles. The van der Waals surface area contributed by atoms with Crippen molar-refractivity contribution in [3.05, 3.63) is 36.2 Å². The molecule has 1 aliphatic heterocycles. The van der Waals surface area contributed by atoms with Crippen molar-refractivity contribution in [1.82, 2.24) is 39.4 Å². The van der Waals surface area contributed by atoms with E-state index in [4.69, 9.17) is 0 Å². The van der Waals surface area contributed by atoms with E-state index in [0.29, 0.717) is 34.5 Å². The fourth-order valence-corrected chi connectivity index (χ4v) is 3.93. The van der Waals surface area contributed by atoms with E-state index in [-0.39, 0.29) is 36.5 Å². The zero-order valence-corrected chi connectivity index (χ0v) is 17.3. The minimum absolute atomic E-state index is 0.0834. The Morgan fingerprint density at radius 3 is 2.69 bits per heavy atom. The maximum Gasteiger partial charge on any atom is 0.435 e. The number of nitrogens with one attached hydrogen (secondary N) is 1. The lowest BCUT2D eigenvalue weighted by atomic mass is 10.1. The third kappa shape index (κ3) is 3.41. The summed E-state index contributed by atoms with van der Waals surface area (Å²) in [4.78, 5) is 26.0. The molecule has 12 heteroatoms. The Morgan fingerprint density at radius 1 is 1.09 bits per heavy atom. The summed E-state index contributed by atoms with van der Waals surface area (Å²) in [5.41, 5.74) is 1.61. The van der Waals surface area contributed by atoms with Crippen LogP contribution in [-0.2, 0) is 31.1 Å². The van der Waals surface area contributed by atoms with Crippen LogP contribution in [0.1, 0.15) is 24.2 Å². The molecule has 5 rings (SSSR count). The van der Waals surface area contributed by atoms with Gasteiger partial charge in [-0.3, -0.25) is 14.2 Å². The summed E-state index contributed by atoms with van der Waals surface area (Å²) < 4.78 is 44.2. The number of halogens is 3. The van der Waals surface area contributed by atoms with Gasteiger partial charge in [-0.2, -0.15) is 23.4 Å². The second-order valence-electron chi connectivity index (χ2n) is 7.82. The van der Waals surface area contributed by atoms with Gasteiger partial charge in [0, 0.05) is 62.3 Å². The van der Waals surface area contributed by atoms with Gasteiger partial charge in [-0.1, -0.05) is 0 Å². The molecule has 0 saturated carbocycles. The maximum atomic E-state index is 13.8. The molecular formula is C20H19F3N8O. The van der Waals surface area contributed by atoms with Crippen LogP contribution in [0.2, 0.25) is 0 Å². The van der Waals surface area contributed by atoms with Crippen molar-refractivity contribution in [2.45, 2.75) is 32.1 Å². The van der Waals surface area contributed by atoms with E-state index in [2.05, 4.69) is 25.1 Å². The first kappa shape index (κ1) is 20.2. The molecule has 4 aromatic rings. The first-order chi connectivity index (χ1) is 15.2. The van der Waals surface area contributed by atoms with E-state index in [1.807, 2.05) is 0 Å². The van der Waals surface area contributed by atoms with Gasteiger partial charge in [-0.25, -0.2) is 9.97 Å². The van der Waals surface area contributed by atoms with Crippen LogP contribution in [-0.4, -0.2) is 52.4 Å². The zero-order valence-electron chi connectivity index (χ0n) is 17.3. The first-order valence-electron chi connectivity index (χ1n) is 9.96. The predicted octanol–water partition coefficient (Wildman–Crippen LogP) is 2.99. The van der Waals surface area contributed by atoms with Gasteiger partial charge in [0.2, 0.25) is 5.91 Å². The molecule has 4 bridgehead atoms. The van der Waals surface area contributed by atoms with Crippen LogP contribution < -0.4 is 0 Å². The number of hydrogen-bond donors (Lipinski definition) is 1. The summed E-state index contributed by atoms with van der Waals surface area (Å²) in [5, 5.41) is 8.23. The molecule has 1 amide bonds. The number of aryl methyl sites for hydroxylation is 2. The molecule has 0 spiro atoms. The number of amides is 1. The van der Waals surface area contributed by atoms with Crippen molar-refractivity contribution in [2.24, 2.45) is 7.05 Å². The van der Waals surface area contributed by atoms with Crippen LogP contribution in [0, 0.1) is 0 Å². The average Bonchev–Trinajstić information content (AvgIpc) is 3.42. The largest absolute Gasteiger partial charge is 0.435 e. The molecule has 1 aliphatic rings. The molecule has 0 atom stereocenters. The zero-order chi connectivity index (χ0) is 22.6. The van der Waals surface area contributed by atoms with Crippen LogP contribution in [0.4, 0.5) is 13.2 Å². The van der Waals surface area contributed by atoms with Crippen LogP contribution in [0.3, 0.4) is 0 Å². The monoisotopic (exact) mass is 444 g/mol. The molecule has 0 aromatic carbocycles. The Kier molecular flexibility index (Phi) is 4.53. The summed E-state index contributed by atoms with van der Waals surface area (Å²) in [6.07, 6.45) is 2.00. The number of alkyl halides is 3. The number of carbonyl (C=O) groups excluding carboxylic acids is 1. The SMILES string of the molecule is CN1Cc2nn(C)cc2-c2cnc3[nH]cc(c3n2)-c2cn(nc2C(F)(F)F)CCCC1=O. The topological polar surface area (TPSA) is 97.5 Å². The molecule has 32 heavy (non-hydrogen) atoms. The normalized spacial score (nSPS) is 15.2. The van der Waals surface area contributed by atoms with Gasteiger partial charge in [0.25, 0.3) is 0 Å². The van der Waals surface area contributed by atoms with Crippen LogP contribution >= 0.6 is 0 Å². The van der Waals surface area contributed by atoms with Gasteiger partial charge < -0.3 is 9.88 Å². The molecule has 166 valence electrons. The first-order valence-corrected chi connectivity index (χ1v) is 9.96. The summed E-state index contributed by atoms with van der Waals surface area (Å²) in [5.74, 6) is -0.132. The fraction of sp³-hybridized carbons (Fsp3) is 0.350. The Morgan fingerprint density at radius 2 is 1.91 bits per heavy atom. The van der Waals surface area contributed by atoms with Gasteiger partial charge in [-0.05, 0) is 6.42 Å². The number of carbonyl (C=O) groups is 1. The van der Waals surface area contributed by atoms with E-state index in [9.17, 15) is 18.0 Å². The number of fused-ring (bicyclic) bond motifs is 6. The summed E-state index contributed by atoms with van der Waals surface area (Å²) in [7, 11) is 3.43. The lowest BCUT2D eigenvalue weighted by molar-refractivity contribution is -0.141. The lowest BCUT2D eigenvalue weighted by Crippen LogP contribution is -2.26. The van der Waals surface area contributed by atoms with E-state index in [1.165, 1.54) is 23.3 Å². The molecular weight excluding hydrogens is 425 g/mol. The van der Waals surface area contributed by atoms with Crippen molar-refractivity contribution < 1.29 is 18.0 Å². The predicted molar refractivity (Wildman–Crippen MR) is 108 cm³/mol. The van der Waals surface area contributed by atoms with Gasteiger partial charge in [-0.15, -0.1) is 0 Å². The highest BCUT2D eigenvalue weighted by Gasteiger charge is 2.38. The number of hydrogen-bond acceptors (Lipinski definition) is 5. The third-order valence-electron chi connectivity index (χ3n) is 5.47. The quantitative estimate of drug-likeness (QED) is 0.450. The standard InChI is InChI=1S/C20H19F3N8O/c1-29-10-15-13(8-30(2)27-15)14-7-25-19-17(26-14)11(6-24-19)12-9-31(5-3-4-16(29)32)28-18(12)20(21,22)23/h6-9H,3-5,10H2,1-2H3,(H,24,25). The van der Waals surface area contributed by atoms with E-state index in [1.54, 1.807) is 29.9 Å². The molecule has 0 fully saturated rings. The Hall–Kier alpha value is -3.70. The molecule has 1 N–H and O–H groups in total. The molecule has 0 radical (unpaired) electrons. The highest BCUT2D eigenvalue weighted by molar-refractivity contribution is 5.92. The Labute approximate surface area is 179 Å². The summed E-state index contributed by atoms with van der Waals surface area (Å²) >= 11 is 0. The highest BCUT2D eigenvalue weighted by Crippen LogP contribution is 2.38. The highest BCUT2D eigenvalue weighted by atomic mass is 19.4. The number of H-pyrrole nitrogens is 1. The van der Waals surface area contributed by atoms with Crippen LogP contribution in [0.5, 0.6) is 0 Å². The third-order valence-corrected chi connectivity index (χ3v) is 5.47. The smallest absolute Gasteiger partial charge is 0.344 e. The maximum absolute atomic E-state index is 13.8. The van der Waals surface area contributed by atoms with Crippen molar-refractivity contribution in [3.8, 4) is 22.4 Å². The molecule has 0 aliphatic carbocycles. The van der Waals surface area contributed by atoms with E-state index >= 15 is 0 Å².